The van der Waals surface area contributed by atoms with Crippen LogP contribution in [0.1, 0.15) is 57.2 Å². The van der Waals surface area contributed by atoms with Crippen molar-refractivity contribution in [2.45, 2.75) is 65.5 Å². The van der Waals surface area contributed by atoms with Crippen molar-refractivity contribution in [1.82, 2.24) is 4.98 Å². The Kier molecular flexibility index (Phi) is 7.77. The van der Waals surface area contributed by atoms with Crippen LogP contribution in [0, 0.1) is 11.3 Å². The number of thiazole rings is 1. The minimum absolute atomic E-state index is 0.00443. The van der Waals surface area contributed by atoms with E-state index in [2.05, 4.69) is 43.1 Å². The van der Waals surface area contributed by atoms with Gasteiger partial charge in [0.2, 0.25) is 0 Å². The Morgan fingerprint density at radius 3 is 2.78 bits per heavy atom. The zero-order valence-corrected chi connectivity index (χ0v) is 22.3. The van der Waals surface area contributed by atoms with Crippen molar-refractivity contribution in [3.05, 3.63) is 59.3 Å². The number of aromatic nitrogens is 1. The first-order valence-electron chi connectivity index (χ1n) is 12.7. The van der Waals surface area contributed by atoms with Gasteiger partial charge in [-0.1, -0.05) is 25.1 Å². The van der Waals surface area contributed by atoms with E-state index in [1.165, 1.54) is 11.1 Å². The van der Waals surface area contributed by atoms with E-state index in [0.29, 0.717) is 24.4 Å². The predicted molar refractivity (Wildman–Crippen MR) is 143 cm³/mol. The third-order valence-corrected chi connectivity index (χ3v) is 8.37. The number of carboxylic acid groups (broad SMARTS) is 1. The third kappa shape index (κ3) is 5.02. The number of benzene rings is 2. The highest BCUT2D eigenvalue weighted by molar-refractivity contribution is 7.18. The monoisotopic (exact) mass is 504 g/mol. The van der Waals surface area contributed by atoms with E-state index in [1.807, 2.05) is 38.2 Å². The Morgan fingerprint density at radius 2 is 2.14 bits per heavy atom. The molecule has 1 aromatic heterocycles. The van der Waals surface area contributed by atoms with Gasteiger partial charge in [-0.3, -0.25) is 0 Å². The van der Waals surface area contributed by atoms with Gasteiger partial charge in [-0.2, -0.15) is 10.1 Å². The van der Waals surface area contributed by atoms with Crippen molar-refractivity contribution in [2.75, 3.05) is 13.1 Å². The SMILES string of the molecule is CCc1c(CC[N+]2(C(=O)O)CCC[C@H]2C)cccc1-c1cnc(-c2ccc(OC(C)C)c(C#N)c2)s1. The van der Waals surface area contributed by atoms with E-state index in [0.717, 1.165) is 46.7 Å². The molecule has 188 valence electrons. The average Bonchev–Trinajstić information content (AvgIpc) is 3.50. The zero-order valence-electron chi connectivity index (χ0n) is 21.5. The lowest BCUT2D eigenvalue weighted by atomic mass is 9.95. The van der Waals surface area contributed by atoms with Crippen LogP contribution in [-0.2, 0) is 12.8 Å². The molecule has 2 aromatic carbocycles. The molecule has 0 bridgehead atoms. The van der Waals surface area contributed by atoms with Gasteiger partial charge in [0, 0.05) is 31.0 Å². The molecule has 1 N–H and O–H groups in total. The highest BCUT2D eigenvalue weighted by Gasteiger charge is 2.45. The number of carbonyl (C=O) groups is 1. The number of hydrogen-bond donors (Lipinski definition) is 1. The Labute approximate surface area is 217 Å². The highest BCUT2D eigenvalue weighted by Crippen LogP contribution is 2.37. The van der Waals surface area contributed by atoms with E-state index < -0.39 is 6.09 Å². The number of nitrogens with zero attached hydrogens (tertiary/aromatic N) is 3. The van der Waals surface area contributed by atoms with Crippen molar-refractivity contribution in [3.8, 4) is 32.8 Å². The Balaban J connectivity index is 1.62. The van der Waals surface area contributed by atoms with Crippen LogP contribution in [0.5, 0.6) is 5.75 Å². The van der Waals surface area contributed by atoms with Crippen LogP contribution in [-0.4, -0.2) is 45.9 Å². The lowest BCUT2D eigenvalue weighted by Gasteiger charge is -2.32. The first-order valence-corrected chi connectivity index (χ1v) is 13.5. The first kappa shape index (κ1) is 25.9. The van der Waals surface area contributed by atoms with Gasteiger partial charge in [-0.05, 0) is 62.1 Å². The molecule has 1 aliphatic rings. The number of likely N-dealkylation sites (tertiary alicyclic amines) is 1. The van der Waals surface area contributed by atoms with Gasteiger partial charge < -0.3 is 9.84 Å². The second-order valence-electron chi connectivity index (χ2n) is 9.82. The molecule has 6 nitrogen and oxygen atoms in total. The van der Waals surface area contributed by atoms with Gasteiger partial charge in [0.05, 0.1) is 35.7 Å². The molecular formula is C29H34N3O3S+. The number of nitriles is 1. The second-order valence-corrected chi connectivity index (χ2v) is 10.9. The summed E-state index contributed by atoms with van der Waals surface area (Å²) in [5.41, 5.74) is 5.01. The summed E-state index contributed by atoms with van der Waals surface area (Å²) in [5, 5.41) is 20.5. The molecule has 2 heterocycles. The Morgan fingerprint density at radius 1 is 1.33 bits per heavy atom. The topological polar surface area (TPSA) is 83.2 Å². The molecule has 4 rings (SSSR count). The van der Waals surface area contributed by atoms with Crippen LogP contribution < -0.4 is 4.74 Å². The number of rotatable bonds is 8. The Bertz CT molecular complexity index is 1290. The van der Waals surface area contributed by atoms with Crippen molar-refractivity contribution < 1.29 is 19.1 Å². The summed E-state index contributed by atoms with van der Waals surface area (Å²) in [6, 6.07) is 14.3. The third-order valence-electron chi connectivity index (χ3n) is 7.29. The van der Waals surface area contributed by atoms with Crippen LogP contribution in [0.3, 0.4) is 0 Å². The molecule has 0 saturated carbocycles. The summed E-state index contributed by atoms with van der Waals surface area (Å²) in [6.45, 7) is 9.42. The van der Waals surface area contributed by atoms with Crippen LogP contribution in [0.15, 0.2) is 42.6 Å². The number of quaternary nitrogens is 1. The molecule has 0 radical (unpaired) electrons. The summed E-state index contributed by atoms with van der Waals surface area (Å²) in [6.07, 6.45) is 4.73. The van der Waals surface area contributed by atoms with Crippen LogP contribution in [0.2, 0.25) is 0 Å². The standard InChI is InChI=1S/C29H33N3O3S/c1-5-24-21(13-15-32(29(33)34)14-7-8-20(32)4)9-6-10-25(24)27-18-31-28(36-27)22-11-12-26(35-19(2)3)23(16-22)17-30/h6,9-12,16,18-20H,5,7-8,13-15H2,1-4H3/p+1/t20-,32?/m1/s1. The summed E-state index contributed by atoms with van der Waals surface area (Å²) in [4.78, 5) is 17.9. The largest absolute Gasteiger partial charge is 0.513 e. The van der Waals surface area contributed by atoms with E-state index in [1.54, 1.807) is 11.3 Å². The predicted octanol–water partition coefficient (Wildman–Crippen LogP) is 6.92. The van der Waals surface area contributed by atoms with Crippen LogP contribution in [0.25, 0.3) is 21.0 Å². The summed E-state index contributed by atoms with van der Waals surface area (Å²) < 4.78 is 5.92. The molecule has 0 spiro atoms. The van der Waals surface area contributed by atoms with Gasteiger partial charge >= 0.3 is 6.09 Å². The van der Waals surface area contributed by atoms with Crippen LogP contribution in [0.4, 0.5) is 4.79 Å². The molecule has 1 amide bonds. The van der Waals surface area contributed by atoms with E-state index in [4.69, 9.17) is 4.74 Å². The van der Waals surface area contributed by atoms with Crippen molar-refractivity contribution in [3.63, 3.8) is 0 Å². The quantitative estimate of drug-likeness (QED) is 0.337. The normalized spacial score (nSPS) is 19.4. The summed E-state index contributed by atoms with van der Waals surface area (Å²) in [5.74, 6) is 0.586. The second kappa shape index (κ2) is 10.8. The average molecular weight is 505 g/mol. The number of hydrogen-bond acceptors (Lipinski definition) is 5. The van der Waals surface area contributed by atoms with Gasteiger partial charge in [-0.25, -0.2) is 9.47 Å². The van der Waals surface area contributed by atoms with Crippen molar-refractivity contribution in [2.24, 2.45) is 0 Å². The number of ether oxygens (including phenoxy) is 1. The van der Waals surface area contributed by atoms with Gasteiger partial charge in [0.1, 0.15) is 16.8 Å². The minimum atomic E-state index is -0.706. The fraction of sp³-hybridized carbons (Fsp3) is 0.414. The minimum Gasteiger partial charge on any atom is -0.490 e. The van der Waals surface area contributed by atoms with Gasteiger partial charge in [-0.15, -0.1) is 11.3 Å². The lowest BCUT2D eigenvalue weighted by molar-refractivity contribution is -0.867. The maximum Gasteiger partial charge on any atom is 0.513 e. The molecule has 3 aromatic rings. The van der Waals surface area contributed by atoms with Gasteiger partial charge in [0.15, 0.2) is 0 Å². The van der Waals surface area contributed by atoms with Gasteiger partial charge in [0.25, 0.3) is 0 Å². The molecule has 1 fully saturated rings. The van der Waals surface area contributed by atoms with Crippen molar-refractivity contribution >= 4 is 17.4 Å². The van der Waals surface area contributed by atoms with E-state index in [-0.39, 0.29) is 16.6 Å². The molecule has 1 saturated heterocycles. The molecule has 7 heteroatoms. The Hall–Kier alpha value is -3.21. The number of amides is 1. The van der Waals surface area contributed by atoms with Crippen molar-refractivity contribution in [1.29, 1.82) is 5.26 Å². The molecular weight excluding hydrogens is 470 g/mol. The molecule has 1 aliphatic heterocycles. The first-order chi connectivity index (χ1) is 17.3. The fourth-order valence-corrected chi connectivity index (χ4v) is 6.29. The molecule has 1 unspecified atom stereocenters. The summed E-state index contributed by atoms with van der Waals surface area (Å²) in [7, 11) is 0. The van der Waals surface area contributed by atoms with E-state index in [9.17, 15) is 15.2 Å². The van der Waals surface area contributed by atoms with Crippen LogP contribution >= 0.6 is 11.3 Å². The smallest absolute Gasteiger partial charge is 0.490 e. The molecule has 36 heavy (non-hydrogen) atoms. The molecule has 0 aliphatic carbocycles. The maximum atomic E-state index is 12.2. The summed E-state index contributed by atoms with van der Waals surface area (Å²) >= 11 is 1.60. The zero-order chi connectivity index (χ0) is 25.9. The lowest BCUT2D eigenvalue weighted by Crippen LogP contribution is -2.55. The maximum absolute atomic E-state index is 12.2. The van der Waals surface area contributed by atoms with E-state index >= 15 is 0 Å². The molecule has 2 atom stereocenters. The highest BCUT2D eigenvalue weighted by atomic mass is 32.1. The fourth-order valence-electron chi connectivity index (χ4n) is 5.32.